The van der Waals surface area contributed by atoms with Crippen molar-refractivity contribution in [1.29, 1.82) is 0 Å². The fourth-order valence-corrected chi connectivity index (χ4v) is 6.10. The first-order chi connectivity index (χ1) is 17.9. The molecule has 1 aromatic carbocycles. The van der Waals surface area contributed by atoms with Crippen molar-refractivity contribution in [3.8, 4) is 28.4 Å². The Kier molecular flexibility index (Phi) is 9.77. The van der Waals surface area contributed by atoms with Crippen LogP contribution in [0, 0.1) is 20.8 Å². The Balaban J connectivity index is 1.66. The summed E-state index contributed by atoms with van der Waals surface area (Å²) in [5, 5.41) is 16.7. The number of likely N-dealkylation sites (N-methyl/N-ethyl adjacent to an activating group) is 1. The Morgan fingerprint density at radius 2 is 2.00 bits per heavy atom. The van der Waals surface area contributed by atoms with Crippen LogP contribution in [0.1, 0.15) is 35.9 Å². The number of aryl methyl sites for hydroxylation is 2. The van der Waals surface area contributed by atoms with Crippen LogP contribution in [0.3, 0.4) is 0 Å². The summed E-state index contributed by atoms with van der Waals surface area (Å²) in [6.45, 7) is 11.3. The number of aromatic nitrogens is 3. The molecule has 1 unspecified atom stereocenters. The van der Waals surface area contributed by atoms with Crippen molar-refractivity contribution in [2.45, 2.75) is 52.7 Å². The molecule has 1 aliphatic heterocycles. The lowest BCUT2D eigenvalue weighted by atomic mass is 10.0. The van der Waals surface area contributed by atoms with Gasteiger partial charge in [0.05, 0.1) is 11.4 Å². The van der Waals surface area contributed by atoms with Gasteiger partial charge in [-0.3, -0.25) is 4.31 Å². The number of anilines is 1. The molecule has 1 atom stereocenters. The van der Waals surface area contributed by atoms with Crippen LogP contribution in [-0.2, 0) is 0 Å². The van der Waals surface area contributed by atoms with E-state index in [1.807, 2.05) is 50.2 Å². The number of hydrogen-bond donors (Lipinski definition) is 3. The van der Waals surface area contributed by atoms with Crippen molar-refractivity contribution in [2.24, 2.45) is 0 Å². The summed E-state index contributed by atoms with van der Waals surface area (Å²) >= 11 is 3.43. The lowest BCUT2D eigenvalue weighted by molar-refractivity contribution is 0.108. The maximum absolute atomic E-state index is 10.0. The molecule has 2 aromatic heterocycles. The van der Waals surface area contributed by atoms with E-state index in [9.17, 15) is 5.11 Å². The molecule has 3 N–H and O–H groups in total. The molecule has 0 saturated carbocycles. The molecule has 37 heavy (non-hydrogen) atoms. The van der Waals surface area contributed by atoms with Gasteiger partial charge in [0.2, 0.25) is 0 Å². The SMILES string of the molecule is CCSN1CCC(Nc2nc(-c3cccc(OCC(O)CNC)c3)nc(-c3c(C)nsc3C)c2C)CC1. The quantitative estimate of drug-likeness (QED) is 0.298. The summed E-state index contributed by atoms with van der Waals surface area (Å²) in [7, 11) is 1.81. The van der Waals surface area contributed by atoms with Gasteiger partial charge in [-0.25, -0.2) is 9.97 Å². The standard InChI is InChI=1S/C27H38N6O2S2/c1-6-36-33-12-10-21(11-13-33)29-26-17(2)25(24-18(3)32-37-19(24)4)30-27(31-26)20-8-7-9-23(14-20)35-16-22(34)15-28-5/h7-9,14,21-22,28,34H,6,10-13,15-16H2,1-5H3,(H,29,30,31). The second-order valence-electron chi connectivity index (χ2n) is 9.38. The molecule has 3 aromatic rings. The third kappa shape index (κ3) is 7.00. The number of piperidine rings is 1. The Morgan fingerprint density at radius 1 is 1.22 bits per heavy atom. The van der Waals surface area contributed by atoms with Crippen LogP contribution in [0.4, 0.5) is 5.82 Å². The molecule has 0 amide bonds. The summed E-state index contributed by atoms with van der Waals surface area (Å²) < 4.78 is 12.9. The Labute approximate surface area is 228 Å². The Morgan fingerprint density at radius 3 is 2.68 bits per heavy atom. The second-order valence-corrected chi connectivity index (χ2v) is 11.7. The third-order valence-electron chi connectivity index (χ3n) is 6.50. The third-order valence-corrected chi connectivity index (χ3v) is 8.33. The second kappa shape index (κ2) is 13.0. The van der Waals surface area contributed by atoms with Gasteiger partial charge in [-0.15, -0.1) is 0 Å². The van der Waals surface area contributed by atoms with E-state index in [2.05, 4.69) is 40.1 Å². The predicted molar refractivity (Wildman–Crippen MR) is 155 cm³/mol. The minimum absolute atomic E-state index is 0.213. The molecule has 0 spiro atoms. The summed E-state index contributed by atoms with van der Waals surface area (Å²) in [4.78, 5) is 11.2. The van der Waals surface area contributed by atoms with Gasteiger partial charge in [0.15, 0.2) is 5.82 Å². The molecule has 1 aliphatic rings. The molecule has 8 nitrogen and oxygen atoms in total. The average Bonchev–Trinajstić information content (AvgIpc) is 3.23. The minimum Gasteiger partial charge on any atom is -0.491 e. The number of rotatable bonds is 11. The highest BCUT2D eigenvalue weighted by atomic mass is 32.2. The van der Waals surface area contributed by atoms with Gasteiger partial charge in [-0.2, -0.15) is 4.37 Å². The summed E-state index contributed by atoms with van der Waals surface area (Å²) in [6, 6.07) is 8.14. The van der Waals surface area contributed by atoms with Crippen molar-refractivity contribution >= 4 is 29.3 Å². The number of aliphatic hydroxyl groups is 1. The van der Waals surface area contributed by atoms with Crippen LogP contribution in [0.15, 0.2) is 24.3 Å². The highest BCUT2D eigenvalue weighted by Crippen LogP contribution is 2.35. The zero-order valence-corrected chi connectivity index (χ0v) is 24.0. The zero-order valence-electron chi connectivity index (χ0n) is 22.4. The predicted octanol–water partition coefficient (Wildman–Crippen LogP) is 4.70. The maximum atomic E-state index is 10.0. The fraction of sp³-hybridized carbons (Fsp3) is 0.519. The van der Waals surface area contributed by atoms with Crippen molar-refractivity contribution in [2.75, 3.05) is 44.4 Å². The Bertz CT molecular complexity index is 1160. The van der Waals surface area contributed by atoms with Gasteiger partial charge >= 0.3 is 0 Å². The first-order valence-corrected chi connectivity index (χ1v) is 14.6. The average molecular weight is 543 g/mol. The molecule has 0 aliphatic carbocycles. The normalized spacial score (nSPS) is 15.6. The van der Waals surface area contributed by atoms with Crippen LogP contribution in [0.2, 0.25) is 0 Å². The van der Waals surface area contributed by atoms with Crippen LogP contribution in [-0.4, -0.2) is 74.9 Å². The molecular weight excluding hydrogens is 504 g/mol. The van der Waals surface area contributed by atoms with E-state index in [-0.39, 0.29) is 6.61 Å². The Hall–Kier alpha value is -2.24. The molecule has 1 fully saturated rings. The number of ether oxygens (including phenoxy) is 1. The monoisotopic (exact) mass is 542 g/mol. The molecule has 3 heterocycles. The van der Waals surface area contributed by atoms with Gasteiger partial charge in [0.1, 0.15) is 24.3 Å². The van der Waals surface area contributed by atoms with Crippen LogP contribution >= 0.6 is 23.5 Å². The van der Waals surface area contributed by atoms with Crippen LogP contribution in [0.5, 0.6) is 5.75 Å². The van der Waals surface area contributed by atoms with E-state index >= 15 is 0 Å². The number of nitrogens with zero attached hydrogens (tertiary/aromatic N) is 4. The molecule has 200 valence electrons. The van der Waals surface area contributed by atoms with Gasteiger partial charge in [0.25, 0.3) is 0 Å². The van der Waals surface area contributed by atoms with E-state index in [1.165, 1.54) is 11.5 Å². The molecule has 10 heteroatoms. The highest BCUT2D eigenvalue weighted by Gasteiger charge is 2.23. The first kappa shape index (κ1) is 27.8. The molecule has 4 rings (SSSR count). The van der Waals surface area contributed by atoms with E-state index < -0.39 is 6.10 Å². The van der Waals surface area contributed by atoms with Crippen molar-refractivity contribution in [3.05, 3.63) is 40.4 Å². The number of hydrogen-bond acceptors (Lipinski definition) is 10. The maximum Gasteiger partial charge on any atom is 0.162 e. The van der Waals surface area contributed by atoms with E-state index in [0.717, 1.165) is 70.5 Å². The van der Waals surface area contributed by atoms with Crippen LogP contribution in [0.25, 0.3) is 22.6 Å². The summed E-state index contributed by atoms with van der Waals surface area (Å²) in [5.74, 6) is 3.31. The van der Waals surface area contributed by atoms with Gasteiger partial charge in [-0.1, -0.05) is 31.0 Å². The lowest BCUT2D eigenvalue weighted by Gasteiger charge is -2.32. The highest BCUT2D eigenvalue weighted by molar-refractivity contribution is 7.96. The van der Waals surface area contributed by atoms with Crippen LogP contribution < -0.4 is 15.4 Å². The number of nitrogens with one attached hydrogen (secondary N) is 2. The topological polar surface area (TPSA) is 95.4 Å². The smallest absolute Gasteiger partial charge is 0.162 e. The van der Waals surface area contributed by atoms with E-state index in [4.69, 9.17) is 14.7 Å². The molecule has 0 bridgehead atoms. The van der Waals surface area contributed by atoms with Crippen molar-refractivity contribution in [3.63, 3.8) is 0 Å². The van der Waals surface area contributed by atoms with E-state index in [1.54, 1.807) is 0 Å². The molecule has 1 saturated heterocycles. The molecular formula is C27H38N6O2S2. The van der Waals surface area contributed by atoms with E-state index in [0.29, 0.717) is 24.2 Å². The van der Waals surface area contributed by atoms with Crippen molar-refractivity contribution in [1.82, 2.24) is 24.0 Å². The molecule has 0 radical (unpaired) electrons. The number of benzene rings is 1. The minimum atomic E-state index is -0.578. The number of aliphatic hydroxyl groups excluding tert-OH is 1. The van der Waals surface area contributed by atoms with Crippen molar-refractivity contribution < 1.29 is 9.84 Å². The lowest BCUT2D eigenvalue weighted by Crippen LogP contribution is -2.36. The summed E-state index contributed by atoms with van der Waals surface area (Å²) in [6.07, 6.45) is 1.58. The summed E-state index contributed by atoms with van der Waals surface area (Å²) in [5.41, 5.74) is 4.92. The first-order valence-electron chi connectivity index (χ1n) is 12.9. The fourth-order valence-electron chi connectivity index (χ4n) is 4.57. The largest absolute Gasteiger partial charge is 0.491 e. The van der Waals surface area contributed by atoms with Gasteiger partial charge < -0.3 is 20.5 Å². The van der Waals surface area contributed by atoms with Gasteiger partial charge in [-0.05, 0) is 64.3 Å². The van der Waals surface area contributed by atoms with Gasteiger partial charge in [0, 0.05) is 53.0 Å². The zero-order chi connectivity index (χ0) is 26.4.